The first kappa shape index (κ1) is 30.9. The molecular formula is C34H40N4O6. The molecule has 0 N–H and O–H groups in total. The van der Waals surface area contributed by atoms with Crippen molar-refractivity contribution in [2.24, 2.45) is 0 Å². The average Bonchev–Trinajstić information content (AvgIpc) is 3.07. The van der Waals surface area contributed by atoms with Crippen LogP contribution < -0.4 is 28.4 Å². The van der Waals surface area contributed by atoms with E-state index < -0.39 is 0 Å². The van der Waals surface area contributed by atoms with Crippen LogP contribution in [0.2, 0.25) is 0 Å². The van der Waals surface area contributed by atoms with Crippen LogP contribution in [-0.2, 0) is 13.1 Å². The van der Waals surface area contributed by atoms with Crippen LogP contribution in [-0.4, -0.2) is 88.6 Å². The van der Waals surface area contributed by atoms with Crippen LogP contribution >= 0.6 is 0 Å². The largest absolute Gasteiger partial charge is 0.493 e. The van der Waals surface area contributed by atoms with E-state index in [2.05, 4.69) is 31.9 Å². The number of nitrogens with zero attached hydrogens (tertiary/aromatic N) is 4. The van der Waals surface area contributed by atoms with Crippen LogP contribution in [0, 0.1) is 0 Å². The van der Waals surface area contributed by atoms with Gasteiger partial charge in [0.25, 0.3) is 0 Å². The lowest BCUT2D eigenvalue weighted by molar-refractivity contribution is 0.120. The first-order valence-electron chi connectivity index (χ1n) is 14.5. The average molecular weight is 601 g/mol. The minimum absolute atomic E-state index is 0.578. The molecule has 3 heterocycles. The SMILES string of the molecule is COc1cc(-c2ccnc(CN3CCN(Cc4cc(-c5cc(OC)c(OC)c(OC)c5)ccn4)CC3)c2)cc(OC)c1OC. The normalized spacial score (nSPS) is 13.8. The summed E-state index contributed by atoms with van der Waals surface area (Å²) in [6, 6.07) is 16.1. The quantitative estimate of drug-likeness (QED) is 0.217. The third-order valence-electron chi connectivity index (χ3n) is 7.87. The second-order valence-corrected chi connectivity index (χ2v) is 10.5. The molecule has 10 nitrogen and oxygen atoms in total. The molecule has 0 saturated carbocycles. The van der Waals surface area contributed by atoms with Gasteiger partial charge in [0.1, 0.15) is 0 Å². The fraction of sp³-hybridized carbons (Fsp3) is 0.353. The number of piperazine rings is 1. The maximum atomic E-state index is 5.55. The number of pyridine rings is 2. The summed E-state index contributed by atoms with van der Waals surface area (Å²) in [6.45, 7) is 5.35. The lowest BCUT2D eigenvalue weighted by Gasteiger charge is -2.34. The van der Waals surface area contributed by atoms with E-state index in [4.69, 9.17) is 28.4 Å². The van der Waals surface area contributed by atoms with Gasteiger partial charge in [0.15, 0.2) is 23.0 Å². The third kappa shape index (κ3) is 6.82. The number of ether oxygens (including phenoxy) is 6. The van der Waals surface area contributed by atoms with E-state index in [0.717, 1.165) is 72.9 Å². The Hall–Kier alpha value is -4.54. The molecule has 2 aromatic carbocycles. The van der Waals surface area contributed by atoms with Crippen molar-refractivity contribution < 1.29 is 28.4 Å². The van der Waals surface area contributed by atoms with Crippen molar-refractivity contribution in [3.63, 3.8) is 0 Å². The predicted molar refractivity (Wildman–Crippen MR) is 169 cm³/mol. The van der Waals surface area contributed by atoms with E-state index in [0.29, 0.717) is 34.5 Å². The van der Waals surface area contributed by atoms with Gasteiger partial charge in [-0.15, -0.1) is 0 Å². The van der Waals surface area contributed by atoms with Crippen molar-refractivity contribution >= 4 is 0 Å². The van der Waals surface area contributed by atoms with E-state index in [1.54, 1.807) is 42.7 Å². The molecule has 1 aliphatic rings. The Morgan fingerprint density at radius 2 is 0.818 bits per heavy atom. The summed E-state index contributed by atoms with van der Waals surface area (Å²) in [5.41, 5.74) is 6.09. The van der Waals surface area contributed by atoms with Gasteiger partial charge in [0.05, 0.1) is 54.0 Å². The molecule has 0 aliphatic carbocycles. The zero-order valence-corrected chi connectivity index (χ0v) is 26.3. The topological polar surface area (TPSA) is 87.6 Å². The highest BCUT2D eigenvalue weighted by atomic mass is 16.5. The summed E-state index contributed by atoms with van der Waals surface area (Å²) in [6.07, 6.45) is 3.72. The molecule has 0 unspecified atom stereocenters. The van der Waals surface area contributed by atoms with Gasteiger partial charge in [0, 0.05) is 51.7 Å². The maximum absolute atomic E-state index is 5.55. The van der Waals surface area contributed by atoms with Crippen molar-refractivity contribution in [2.45, 2.75) is 13.1 Å². The van der Waals surface area contributed by atoms with Crippen molar-refractivity contribution in [3.05, 3.63) is 72.3 Å². The number of hydrogen-bond acceptors (Lipinski definition) is 10. The zero-order valence-electron chi connectivity index (χ0n) is 26.3. The van der Waals surface area contributed by atoms with Crippen molar-refractivity contribution in [1.29, 1.82) is 0 Å². The minimum atomic E-state index is 0.578. The maximum Gasteiger partial charge on any atom is 0.203 e. The molecule has 232 valence electrons. The first-order chi connectivity index (χ1) is 21.5. The lowest BCUT2D eigenvalue weighted by Crippen LogP contribution is -2.45. The van der Waals surface area contributed by atoms with Gasteiger partial charge < -0.3 is 28.4 Å². The molecule has 10 heteroatoms. The smallest absolute Gasteiger partial charge is 0.203 e. The predicted octanol–water partition coefficient (Wildman–Crippen LogP) is 5.18. The van der Waals surface area contributed by atoms with Gasteiger partial charge in [-0.2, -0.15) is 0 Å². The highest BCUT2D eigenvalue weighted by Crippen LogP contribution is 2.42. The fourth-order valence-electron chi connectivity index (χ4n) is 5.55. The number of rotatable bonds is 12. The van der Waals surface area contributed by atoms with Crippen LogP contribution in [0.25, 0.3) is 22.3 Å². The van der Waals surface area contributed by atoms with Crippen LogP contribution in [0.1, 0.15) is 11.4 Å². The standard InChI is InChI=1S/C34H40N4O6/c1-39-29-17-25(18-30(40-2)33(29)43-5)23-7-9-35-27(15-23)21-37-11-13-38(14-12-37)22-28-16-24(8-10-36-28)26-19-31(41-3)34(44-6)32(20-26)42-4/h7-10,15-20H,11-14,21-22H2,1-6H3. The Kier molecular flexibility index (Phi) is 10.0. The summed E-state index contributed by atoms with van der Waals surface area (Å²) >= 11 is 0. The second kappa shape index (κ2) is 14.3. The summed E-state index contributed by atoms with van der Waals surface area (Å²) in [5.74, 6) is 3.65. The number of hydrogen-bond donors (Lipinski definition) is 0. The Labute approximate surface area is 259 Å². The summed E-state index contributed by atoms with van der Waals surface area (Å²) < 4.78 is 33.2. The number of methoxy groups -OCH3 is 6. The van der Waals surface area contributed by atoms with E-state index in [9.17, 15) is 0 Å². The lowest BCUT2D eigenvalue weighted by atomic mass is 10.0. The molecule has 0 radical (unpaired) electrons. The van der Waals surface area contributed by atoms with Crippen LogP contribution in [0.5, 0.6) is 34.5 Å². The molecule has 2 aromatic heterocycles. The zero-order chi connectivity index (χ0) is 31.1. The van der Waals surface area contributed by atoms with Gasteiger partial charge in [-0.1, -0.05) is 0 Å². The molecule has 0 bridgehead atoms. The summed E-state index contributed by atoms with van der Waals surface area (Å²) in [4.78, 5) is 14.2. The number of benzene rings is 2. The Morgan fingerprint density at radius 3 is 1.11 bits per heavy atom. The van der Waals surface area contributed by atoms with E-state index >= 15 is 0 Å². The van der Waals surface area contributed by atoms with Gasteiger partial charge in [-0.05, 0) is 70.8 Å². The molecule has 0 spiro atoms. The van der Waals surface area contributed by atoms with E-state index in [1.165, 1.54) is 0 Å². The molecule has 0 amide bonds. The molecular weight excluding hydrogens is 560 g/mol. The van der Waals surface area contributed by atoms with E-state index in [-0.39, 0.29) is 0 Å². The van der Waals surface area contributed by atoms with E-state index in [1.807, 2.05) is 48.8 Å². The summed E-state index contributed by atoms with van der Waals surface area (Å²) in [7, 11) is 9.72. The highest BCUT2D eigenvalue weighted by Gasteiger charge is 2.20. The van der Waals surface area contributed by atoms with Crippen LogP contribution in [0.3, 0.4) is 0 Å². The van der Waals surface area contributed by atoms with Gasteiger partial charge in [0.2, 0.25) is 11.5 Å². The molecule has 1 fully saturated rings. The summed E-state index contributed by atoms with van der Waals surface area (Å²) in [5, 5.41) is 0. The fourth-order valence-corrected chi connectivity index (χ4v) is 5.55. The van der Waals surface area contributed by atoms with Crippen molar-refractivity contribution in [3.8, 4) is 56.8 Å². The van der Waals surface area contributed by atoms with Crippen LogP contribution in [0.4, 0.5) is 0 Å². The van der Waals surface area contributed by atoms with Gasteiger partial charge in [-0.3, -0.25) is 19.8 Å². The van der Waals surface area contributed by atoms with Gasteiger partial charge in [-0.25, -0.2) is 0 Å². The minimum Gasteiger partial charge on any atom is -0.493 e. The third-order valence-corrected chi connectivity index (χ3v) is 7.87. The van der Waals surface area contributed by atoms with Crippen molar-refractivity contribution in [2.75, 3.05) is 68.8 Å². The van der Waals surface area contributed by atoms with Gasteiger partial charge >= 0.3 is 0 Å². The molecule has 5 rings (SSSR count). The molecule has 1 saturated heterocycles. The Balaban J connectivity index is 1.22. The molecule has 4 aromatic rings. The second-order valence-electron chi connectivity index (χ2n) is 10.5. The Bertz CT molecular complexity index is 1400. The number of aromatic nitrogens is 2. The first-order valence-corrected chi connectivity index (χ1v) is 14.5. The highest BCUT2D eigenvalue weighted by molar-refractivity contribution is 5.72. The molecule has 44 heavy (non-hydrogen) atoms. The molecule has 0 atom stereocenters. The van der Waals surface area contributed by atoms with Crippen LogP contribution in [0.15, 0.2) is 60.9 Å². The molecule has 1 aliphatic heterocycles. The monoisotopic (exact) mass is 600 g/mol. The Morgan fingerprint density at radius 1 is 0.477 bits per heavy atom. The van der Waals surface area contributed by atoms with Crippen molar-refractivity contribution in [1.82, 2.24) is 19.8 Å².